The van der Waals surface area contributed by atoms with E-state index in [2.05, 4.69) is 26.3 Å². The first kappa shape index (κ1) is 18.6. The molecule has 3 heterocycles. The fourth-order valence-electron chi connectivity index (χ4n) is 4.42. The van der Waals surface area contributed by atoms with Crippen molar-refractivity contribution in [2.75, 3.05) is 39.4 Å². The second kappa shape index (κ2) is 8.95. The molecular formula is C21H30N4O2. The molecule has 0 saturated carbocycles. The number of fused-ring (bicyclic) bond motifs is 1. The summed E-state index contributed by atoms with van der Waals surface area (Å²) < 4.78 is 5.97. The number of aliphatic hydroxyl groups is 1. The summed E-state index contributed by atoms with van der Waals surface area (Å²) in [4.78, 5) is 11.4. The number of ether oxygens (including phenoxy) is 1. The third-order valence-electron chi connectivity index (χ3n) is 5.93. The Labute approximate surface area is 161 Å². The van der Waals surface area contributed by atoms with Crippen LogP contribution in [0.1, 0.15) is 43.7 Å². The number of likely N-dealkylation sites (tertiary alicyclic amines) is 1. The maximum Gasteiger partial charge on any atom is 0.121 e. The maximum absolute atomic E-state index is 9.40. The van der Waals surface area contributed by atoms with E-state index in [1.165, 1.54) is 12.1 Å². The van der Waals surface area contributed by atoms with E-state index >= 15 is 0 Å². The topological polar surface area (TPSA) is 70.5 Å². The summed E-state index contributed by atoms with van der Waals surface area (Å²) in [6.07, 6.45) is 7.23. The molecule has 2 aliphatic heterocycles. The monoisotopic (exact) mass is 370 g/mol. The lowest BCUT2D eigenvalue weighted by Gasteiger charge is -2.23. The van der Waals surface area contributed by atoms with Crippen molar-refractivity contribution in [1.82, 2.24) is 20.2 Å². The van der Waals surface area contributed by atoms with Crippen LogP contribution in [0.15, 0.2) is 24.5 Å². The highest BCUT2D eigenvalue weighted by molar-refractivity contribution is 5.82. The van der Waals surface area contributed by atoms with E-state index < -0.39 is 0 Å². The first-order valence-electron chi connectivity index (χ1n) is 10.3. The number of benzene rings is 1. The molecule has 6 heteroatoms. The Kier molecular flexibility index (Phi) is 6.17. The van der Waals surface area contributed by atoms with E-state index in [1.807, 2.05) is 12.1 Å². The highest BCUT2D eigenvalue weighted by Gasteiger charge is 2.23. The normalized spacial score (nSPS) is 21.7. The number of piperidine rings is 1. The van der Waals surface area contributed by atoms with Gasteiger partial charge in [-0.1, -0.05) is 0 Å². The molecule has 0 radical (unpaired) electrons. The fraction of sp³-hybridized carbons (Fsp3) is 0.619. The summed E-state index contributed by atoms with van der Waals surface area (Å²) in [5.41, 5.74) is 2.15. The van der Waals surface area contributed by atoms with Gasteiger partial charge in [0, 0.05) is 30.0 Å². The first-order valence-corrected chi connectivity index (χ1v) is 10.3. The minimum Gasteiger partial charge on any atom is -0.493 e. The molecule has 0 amide bonds. The van der Waals surface area contributed by atoms with E-state index in [9.17, 15) is 5.11 Å². The second-order valence-corrected chi connectivity index (χ2v) is 7.68. The smallest absolute Gasteiger partial charge is 0.121 e. The molecule has 146 valence electrons. The van der Waals surface area contributed by atoms with Gasteiger partial charge in [-0.3, -0.25) is 4.90 Å². The fourth-order valence-corrected chi connectivity index (χ4v) is 4.42. The molecule has 2 N–H and O–H groups in total. The van der Waals surface area contributed by atoms with Crippen LogP contribution in [0.5, 0.6) is 5.75 Å². The predicted molar refractivity (Wildman–Crippen MR) is 106 cm³/mol. The number of hydrogen-bond donors (Lipinski definition) is 2. The third kappa shape index (κ3) is 4.39. The van der Waals surface area contributed by atoms with Crippen molar-refractivity contribution < 1.29 is 9.84 Å². The largest absolute Gasteiger partial charge is 0.493 e. The van der Waals surface area contributed by atoms with Crippen LogP contribution in [-0.2, 0) is 0 Å². The molecule has 1 unspecified atom stereocenters. The van der Waals surface area contributed by atoms with Crippen molar-refractivity contribution in [1.29, 1.82) is 0 Å². The average Bonchev–Trinajstić information content (AvgIpc) is 3.19. The number of aliphatic hydroxyl groups excluding tert-OH is 1. The van der Waals surface area contributed by atoms with Crippen LogP contribution >= 0.6 is 0 Å². The van der Waals surface area contributed by atoms with Crippen molar-refractivity contribution in [3.63, 3.8) is 0 Å². The predicted octanol–water partition coefficient (Wildman–Crippen LogP) is 2.32. The van der Waals surface area contributed by atoms with Crippen LogP contribution in [0.25, 0.3) is 10.9 Å². The molecule has 1 atom stereocenters. The zero-order valence-electron chi connectivity index (χ0n) is 15.9. The summed E-state index contributed by atoms with van der Waals surface area (Å²) in [7, 11) is 0. The summed E-state index contributed by atoms with van der Waals surface area (Å²) in [5, 5.41) is 14.0. The maximum atomic E-state index is 9.40. The van der Waals surface area contributed by atoms with E-state index in [4.69, 9.17) is 4.74 Å². The molecule has 4 rings (SSSR count). The number of aromatic nitrogens is 2. The molecule has 1 aromatic heterocycles. The van der Waals surface area contributed by atoms with Gasteiger partial charge in [0.15, 0.2) is 0 Å². The Hall–Kier alpha value is -1.76. The van der Waals surface area contributed by atoms with Crippen LogP contribution in [-0.4, -0.2) is 65.4 Å². The van der Waals surface area contributed by atoms with Gasteiger partial charge in [-0.25, -0.2) is 9.97 Å². The van der Waals surface area contributed by atoms with Gasteiger partial charge in [0.1, 0.15) is 12.1 Å². The second-order valence-electron chi connectivity index (χ2n) is 7.68. The van der Waals surface area contributed by atoms with Gasteiger partial charge in [-0.15, -0.1) is 0 Å². The molecule has 0 aliphatic carbocycles. The standard InChI is InChI=1S/C21H30N4O2/c26-14-17-3-1-10-25(17)11-2-12-27-18-4-5-19-20(13-18)23-15-24-21(19)16-6-8-22-9-7-16/h4-5,13,15-17,22,26H,1-3,6-12,14H2. The van der Waals surface area contributed by atoms with Gasteiger partial charge in [0.05, 0.1) is 24.4 Å². The highest BCUT2D eigenvalue weighted by atomic mass is 16.5. The zero-order valence-corrected chi connectivity index (χ0v) is 15.9. The number of nitrogens with zero attached hydrogens (tertiary/aromatic N) is 3. The highest BCUT2D eigenvalue weighted by Crippen LogP contribution is 2.30. The molecule has 2 aromatic rings. The van der Waals surface area contributed by atoms with Gasteiger partial charge in [0.2, 0.25) is 0 Å². The molecular weight excluding hydrogens is 340 g/mol. The van der Waals surface area contributed by atoms with E-state index in [0.29, 0.717) is 18.6 Å². The molecule has 0 bridgehead atoms. The minimum atomic E-state index is 0.268. The average molecular weight is 370 g/mol. The van der Waals surface area contributed by atoms with Crippen LogP contribution in [0.2, 0.25) is 0 Å². The van der Waals surface area contributed by atoms with E-state index in [1.54, 1.807) is 6.33 Å². The van der Waals surface area contributed by atoms with Crippen LogP contribution in [0.3, 0.4) is 0 Å². The van der Waals surface area contributed by atoms with Crippen LogP contribution < -0.4 is 10.1 Å². The van der Waals surface area contributed by atoms with Gasteiger partial charge in [0.25, 0.3) is 0 Å². The van der Waals surface area contributed by atoms with Crippen molar-refractivity contribution in [2.45, 2.75) is 44.1 Å². The van der Waals surface area contributed by atoms with E-state index in [-0.39, 0.29) is 6.61 Å². The van der Waals surface area contributed by atoms with Gasteiger partial charge >= 0.3 is 0 Å². The summed E-state index contributed by atoms with van der Waals surface area (Å²) in [6.45, 7) is 5.16. The third-order valence-corrected chi connectivity index (χ3v) is 5.93. The van der Waals surface area contributed by atoms with Crippen molar-refractivity contribution >= 4 is 10.9 Å². The molecule has 0 spiro atoms. The molecule has 1 aromatic carbocycles. The number of hydrogen-bond acceptors (Lipinski definition) is 6. The Balaban J connectivity index is 1.36. The Bertz CT molecular complexity index is 748. The Morgan fingerprint density at radius 2 is 2.07 bits per heavy atom. The molecule has 2 fully saturated rings. The van der Waals surface area contributed by atoms with Gasteiger partial charge < -0.3 is 15.2 Å². The molecule has 2 saturated heterocycles. The van der Waals surface area contributed by atoms with Crippen LogP contribution in [0, 0.1) is 0 Å². The van der Waals surface area contributed by atoms with Crippen molar-refractivity contribution in [3.05, 3.63) is 30.2 Å². The summed E-state index contributed by atoms with van der Waals surface area (Å²) in [6, 6.07) is 6.54. The zero-order chi connectivity index (χ0) is 18.5. The van der Waals surface area contributed by atoms with Crippen molar-refractivity contribution in [3.8, 4) is 5.75 Å². The molecule has 27 heavy (non-hydrogen) atoms. The first-order chi connectivity index (χ1) is 13.3. The lowest BCUT2D eigenvalue weighted by molar-refractivity contribution is 0.150. The van der Waals surface area contributed by atoms with Gasteiger partial charge in [-0.05, 0) is 63.9 Å². The quantitative estimate of drug-likeness (QED) is 0.729. The lowest BCUT2D eigenvalue weighted by Crippen LogP contribution is -2.33. The number of nitrogens with one attached hydrogen (secondary N) is 1. The molecule has 2 aliphatic rings. The number of rotatable bonds is 7. The summed E-state index contributed by atoms with van der Waals surface area (Å²) >= 11 is 0. The Morgan fingerprint density at radius 1 is 1.19 bits per heavy atom. The lowest BCUT2D eigenvalue weighted by atomic mass is 9.92. The van der Waals surface area contributed by atoms with Gasteiger partial charge in [-0.2, -0.15) is 0 Å². The minimum absolute atomic E-state index is 0.268. The van der Waals surface area contributed by atoms with Crippen LogP contribution in [0.4, 0.5) is 0 Å². The Morgan fingerprint density at radius 3 is 2.93 bits per heavy atom. The van der Waals surface area contributed by atoms with E-state index in [0.717, 1.165) is 68.5 Å². The van der Waals surface area contributed by atoms with Crippen molar-refractivity contribution in [2.24, 2.45) is 0 Å². The summed E-state index contributed by atoms with van der Waals surface area (Å²) in [5.74, 6) is 1.39. The SMILES string of the molecule is OCC1CCCN1CCCOc1ccc2c(C3CCNCC3)ncnc2c1. The molecule has 6 nitrogen and oxygen atoms in total.